The van der Waals surface area contributed by atoms with Gasteiger partial charge in [-0.1, -0.05) is 13.8 Å². The molecule has 20 heavy (non-hydrogen) atoms. The lowest BCUT2D eigenvalue weighted by Gasteiger charge is -2.27. The van der Waals surface area contributed by atoms with Crippen LogP contribution in [0.15, 0.2) is 0 Å². The zero-order valence-electron chi connectivity index (χ0n) is 12.9. The van der Waals surface area contributed by atoms with Crippen LogP contribution in [0.2, 0.25) is 0 Å². The molecule has 0 aliphatic carbocycles. The molecule has 6 nitrogen and oxygen atoms in total. The van der Waals surface area contributed by atoms with E-state index in [1.165, 1.54) is 11.5 Å². The molecule has 7 heteroatoms. The molecule has 0 saturated heterocycles. The summed E-state index contributed by atoms with van der Waals surface area (Å²) < 4.78 is 4.14. The number of nitrogens with two attached hydrogens (primary N) is 1. The summed E-state index contributed by atoms with van der Waals surface area (Å²) in [5.74, 6) is 0.630. The average molecular weight is 299 g/mol. The first-order valence-corrected chi connectivity index (χ1v) is 7.51. The molecule has 0 bridgehead atoms. The van der Waals surface area contributed by atoms with E-state index in [9.17, 15) is 4.79 Å². The van der Waals surface area contributed by atoms with Gasteiger partial charge in [-0.2, -0.15) is 4.37 Å². The van der Waals surface area contributed by atoms with E-state index in [0.717, 1.165) is 24.6 Å². The fourth-order valence-corrected chi connectivity index (χ4v) is 2.73. The van der Waals surface area contributed by atoms with Crippen LogP contribution in [0.1, 0.15) is 24.2 Å². The van der Waals surface area contributed by atoms with Crippen molar-refractivity contribution in [2.75, 3.05) is 51.4 Å². The summed E-state index contributed by atoms with van der Waals surface area (Å²) in [4.78, 5) is 16.3. The van der Waals surface area contributed by atoms with E-state index < -0.39 is 0 Å². The number of nitrogen functional groups attached to an aromatic ring is 1. The minimum Gasteiger partial charge on any atom is -0.382 e. The summed E-state index contributed by atoms with van der Waals surface area (Å²) in [7, 11) is 5.68. The van der Waals surface area contributed by atoms with Gasteiger partial charge in [-0.05, 0) is 31.5 Å². The normalized spacial score (nSPS) is 11.2. The number of hydrogen-bond acceptors (Lipinski definition) is 6. The Morgan fingerprint density at radius 2 is 2.05 bits per heavy atom. The lowest BCUT2D eigenvalue weighted by atomic mass is 10.2. The molecule has 0 aromatic carbocycles. The molecule has 1 heterocycles. The fourth-order valence-electron chi connectivity index (χ4n) is 1.88. The van der Waals surface area contributed by atoms with Gasteiger partial charge in [0.2, 0.25) is 0 Å². The van der Waals surface area contributed by atoms with Gasteiger partial charge in [-0.15, -0.1) is 0 Å². The van der Waals surface area contributed by atoms with Crippen LogP contribution in [0.3, 0.4) is 0 Å². The van der Waals surface area contributed by atoms with Gasteiger partial charge in [0, 0.05) is 26.7 Å². The molecule has 0 spiro atoms. The van der Waals surface area contributed by atoms with Crippen LogP contribution in [0, 0.1) is 5.92 Å². The Bertz CT molecular complexity index is 444. The van der Waals surface area contributed by atoms with Gasteiger partial charge in [-0.3, -0.25) is 4.79 Å². The number of aromatic nitrogens is 1. The largest absolute Gasteiger partial charge is 0.382 e. The van der Waals surface area contributed by atoms with Crippen LogP contribution in [0.5, 0.6) is 0 Å². The standard InChI is InChI=1S/C13H25N5OS/c1-9(2)8-18(7-6-17(4)5)13-10(12(19)15-3)11(14)16-20-13/h9H,6-8H2,1-5H3,(H2,14,16)(H,15,19). The van der Waals surface area contributed by atoms with Gasteiger partial charge in [0.1, 0.15) is 10.6 Å². The first kappa shape index (κ1) is 16.7. The third-order valence-corrected chi connectivity index (χ3v) is 3.77. The summed E-state index contributed by atoms with van der Waals surface area (Å²) in [6, 6.07) is 0. The van der Waals surface area contributed by atoms with Crippen molar-refractivity contribution in [1.82, 2.24) is 14.6 Å². The predicted octanol–water partition coefficient (Wildman–Crippen LogP) is 1.11. The second kappa shape index (κ2) is 7.44. The first-order valence-electron chi connectivity index (χ1n) is 6.73. The fraction of sp³-hybridized carbons (Fsp3) is 0.692. The average Bonchev–Trinajstić information content (AvgIpc) is 2.75. The molecule has 1 amide bonds. The Morgan fingerprint density at radius 3 is 2.55 bits per heavy atom. The molecule has 0 radical (unpaired) electrons. The van der Waals surface area contributed by atoms with Crippen LogP contribution in [0.4, 0.5) is 10.8 Å². The topological polar surface area (TPSA) is 74.5 Å². The van der Waals surface area contributed by atoms with E-state index >= 15 is 0 Å². The Hall–Kier alpha value is -1.34. The number of amides is 1. The van der Waals surface area contributed by atoms with Crippen molar-refractivity contribution in [3.05, 3.63) is 5.56 Å². The van der Waals surface area contributed by atoms with Crippen molar-refractivity contribution in [2.24, 2.45) is 5.92 Å². The van der Waals surface area contributed by atoms with Gasteiger partial charge in [0.05, 0.1) is 0 Å². The molecule has 3 N–H and O–H groups in total. The predicted molar refractivity (Wildman–Crippen MR) is 85.5 cm³/mol. The number of likely N-dealkylation sites (N-methyl/N-ethyl adjacent to an activating group) is 1. The summed E-state index contributed by atoms with van der Waals surface area (Å²) in [5, 5.41) is 3.49. The summed E-state index contributed by atoms with van der Waals surface area (Å²) in [5.41, 5.74) is 6.34. The van der Waals surface area contributed by atoms with Crippen LogP contribution in [-0.4, -0.2) is 56.0 Å². The molecule has 1 rings (SSSR count). The quantitative estimate of drug-likeness (QED) is 0.789. The number of hydrogen-bond donors (Lipinski definition) is 2. The Morgan fingerprint density at radius 1 is 1.40 bits per heavy atom. The number of carbonyl (C=O) groups excluding carboxylic acids is 1. The van der Waals surface area contributed by atoms with Gasteiger partial charge in [0.25, 0.3) is 5.91 Å². The maximum atomic E-state index is 12.0. The molecule has 1 aromatic heterocycles. The summed E-state index contributed by atoms with van der Waals surface area (Å²) in [6.45, 7) is 6.95. The number of rotatable bonds is 7. The van der Waals surface area contributed by atoms with E-state index in [-0.39, 0.29) is 5.91 Å². The molecule has 0 atom stereocenters. The third-order valence-electron chi connectivity index (χ3n) is 2.84. The van der Waals surface area contributed by atoms with E-state index in [0.29, 0.717) is 17.3 Å². The zero-order valence-corrected chi connectivity index (χ0v) is 13.8. The Labute approximate surface area is 125 Å². The molecule has 0 unspecified atom stereocenters. The van der Waals surface area contributed by atoms with Crippen molar-refractivity contribution in [2.45, 2.75) is 13.8 Å². The van der Waals surface area contributed by atoms with E-state index in [1.54, 1.807) is 7.05 Å². The van der Waals surface area contributed by atoms with Gasteiger partial charge in [0.15, 0.2) is 5.82 Å². The van der Waals surface area contributed by atoms with Crippen LogP contribution in [-0.2, 0) is 0 Å². The first-order chi connectivity index (χ1) is 9.36. The third kappa shape index (κ3) is 4.35. The van der Waals surface area contributed by atoms with E-state index in [1.807, 2.05) is 14.1 Å². The maximum Gasteiger partial charge on any atom is 0.257 e. The minimum absolute atomic E-state index is 0.176. The molecule has 0 aliphatic rings. The Kier molecular flexibility index (Phi) is 6.22. The van der Waals surface area contributed by atoms with Gasteiger partial charge in [-0.25, -0.2) is 0 Å². The molecule has 1 aromatic rings. The molecule has 0 fully saturated rings. The van der Waals surface area contributed by atoms with Crippen LogP contribution in [0.25, 0.3) is 0 Å². The number of anilines is 2. The monoisotopic (exact) mass is 299 g/mol. The van der Waals surface area contributed by atoms with E-state index in [2.05, 4.69) is 33.3 Å². The minimum atomic E-state index is -0.176. The SMILES string of the molecule is CNC(=O)c1c(N)nsc1N(CCN(C)C)CC(C)C. The summed E-state index contributed by atoms with van der Waals surface area (Å²) >= 11 is 1.29. The second-order valence-electron chi connectivity index (χ2n) is 5.47. The summed E-state index contributed by atoms with van der Waals surface area (Å²) in [6.07, 6.45) is 0. The molecular formula is C13H25N5OS. The lowest BCUT2D eigenvalue weighted by molar-refractivity contribution is 0.0964. The van der Waals surface area contributed by atoms with Crippen molar-refractivity contribution in [3.8, 4) is 0 Å². The Balaban J connectivity index is 3.03. The van der Waals surface area contributed by atoms with Crippen molar-refractivity contribution in [3.63, 3.8) is 0 Å². The maximum absolute atomic E-state index is 12.0. The van der Waals surface area contributed by atoms with E-state index in [4.69, 9.17) is 5.73 Å². The van der Waals surface area contributed by atoms with Crippen molar-refractivity contribution < 1.29 is 4.79 Å². The number of carbonyl (C=O) groups is 1. The highest BCUT2D eigenvalue weighted by molar-refractivity contribution is 7.11. The lowest BCUT2D eigenvalue weighted by Crippen LogP contribution is -2.35. The van der Waals surface area contributed by atoms with Crippen molar-refractivity contribution in [1.29, 1.82) is 0 Å². The second-order valence-corrected chi connectivity index (χ2v) is 6.22. The molecule has 0 saturated carbocycles. The molecule has 0 aliphatic heterocycles. The highest BCUT2D eigenvalue weighted by Crippen LogP contribution is 2.31. The van der Waals surface area contributed by atoms with Crippen LogP contribution < -0.4 is 16.0 Å². The zero-order chi connectivity index (χ0) is 15.3. The van der Waals surface area contributed by atoms with Crippen LogP contribution >= 0.6 is 11.5 Å². The van der Waals surface area contributed by atoms with Gasteiger partial charge >= 0.3 is 0 Å². The molecule has 114 valence electrons. The van der Waals surface area contributed by atoms with Gasteiger partial charge < -0.3 is 20.9 Å². The highest BCUT2D eigenvalue weighted by Gasteiger charge is 2.23. The smallest absolute Gasteiger partial charge is 0.257 e. The number of nitrogens with zero attached hydrogens (tertiary/aromatic N) is 3. The van der Waals surface area contributed by atoms with Crippen molar-refractivity contribution >= 4 is 28.3 Å². The number of nitrogens with one attached hydrogen (secondary N) is 1. The highest BCUT2D eigenvalue weighted by atomic mass is 32.1. The molecular weight excluding hydrogens is 274 g/mol.